The minimum Gasteiger partial charge on any atom is -0.485 e. The average molecular weight is 326 g/mol. The summed E-state index contributed by atoms with van der Waals surface area (Å²) in [4.78, 5) is 4.60. The van der Waals surface area contributed by atoms with Crippen LogP contribution in [0.5, 0.6) is 5.75 Å². The highest BCUT2D eigenvalue weighted by molar-refractivity contribution is 5.83. The van der Waals surface area contributed by atoms with E-state index >= 15 is 0 Å². The zero-order valence-electron chi connectivity index (χ0n) is 14.2. The topological polar surface area (TPSA) is 101 Å². The van der Waals surface area contributed by atoms with E-state index < -0.39 is 17.7 Å². The SMILES string of the molecule is CCCCC(=N[C@@H]1c2cc(C#N)ccc2OC(C)(C)[C@H]1O)NC#N. The van der Waals surface area contributed by atoms with Crippen LogP contribution < -0.4 is 10.1 Å². The summed E-state index contributed by atoms with van der Waals surface area (Å²) >= 11 is 0. The molecule has 2 rings (SSSR count). The van der Waals surface area contributed by atoms with Crippen LogP contribution in [0.1, 0.15) is 57.2 Å². The van der Waals surface area contributed by atoms with Crippen molar-refractivity contribution in [3.05, 3.63) is 29.3 Å². The second kappa shape index (κ2) is 7.33. The smallest absolute Gasteiger partial charge is 0.182 e. The number of aliphatic hydroxyl groups excluding tert-OH is 1. The molecule has 0 radical (unpaired) electrons. The van der Waals surface area contributed by atoms with Crippen molar-refractivity contribution in [1.82, 2.24) is 5.32 Å². The number of nitriles is 2. The lowest BCUT2D eigenvalue weighted by Crippen LogP contribution is -2.48. The van der Waals surface area contributed by atoms with E-state index in [4.69, 9.17) is 15.3 Å². The number of rotatable bonds is 4. The summed E-state index contributed by atoms with van der Waals surface area (Å²) < 4.78 is 5.87. The van der Waals surface area contributed by atoms with Crippen molar-refractivity contribution in [2.45, 2.75) is 57.8 Å². The van der Waals surface area contributed by atoms with Crippen LogP contribution >= 0.6 is 0 Å². The quantitative estimate of drug-likeness (QED) is 0.383. The molecule has 1 aromatic carbocycles. The lowest BCUT2D eigenvalue weighted by atomic mass is 9.86. The number of hydrogen-bond donors (Lipinski definition) is 2. The van der Waals surface area contributed by atoms with Gasteiger partial charge >= 0.3 is 0 Å². The molecule has 0 unspecified atom stereocenters. The highest BCUT2D eigenvalue weighted by Crippen LogP contribution is 2.42. The van der Waals surface area contributed by atoms with E-state index in [0.717, 1.165) is 12.8 Å². The molecular formula is C18H22N4O2. The number of amidine groups is 1. The molecule has 0 saturated carbocycles. The molecule has 0 amide bonds. The summed E-state index contributed by atoms with van der Waals surface area (Å²) in [6.45, 7) is 5.65. The first-order chi connectivity index (χ1) is 11.4. The van der Waals surface area contributed by atoms with E-state index in [2.05, 4.69) is 23.3 Å². The Morgan fingerprint density at radius 3 is 2.79 bits per heavy atom. The summed E-state index contributed by atoms with van der Waals surface area (Å²) in [5.74, 6) is 1.14. The molecule has 24 heavy (non-hydrogen) atoms. The van der Waals surface area contributed by atoms with Gasteiger partial charge in [0.05, 0.1) is 11.6 Å². The number of nitrogens with zero attached hydrogens (tertiary/aromatic N) is 3. The predicted octanol–water partition coefficient (Wildman–Crippen LogP) is 2.79. The Bertz CT molecular complexity index is 713. The van der Waals surface area contributed by atoms with Crippen LogP contribution in [0.15, 0.2) is 23.2 Å². The van der Waals surface area contributed by atoms with E-state index in [9.17, 15) is 5.11 Å². The van der Waals surface area contributed by atoms with Gasteiger partial charge in [0, 0.05) is 12.0 Å². The number of benzene rings is 1. The first-order valence-corrected chi connectivity index (χ1v) is 8.05. The Morgan fingerprint density at radius 1 is 1.42 bits per heavy atom. The van der Waals surface area contributed by atoms with E-state index in [1.165, 1.54) is 0 Å². The molecular weight excluding hydrogens is 304 g/mol. The first kappa shape index (κ1) is 17.8. The number of nitrogens with one attached hydrogen (secondary N) is 1. The van der Waals surface area contributed by atoms with Crippen molar-refractivity contribution in [2.75, 3.05) is 0 Å². The fourth-order valence-corrected chi connectivity index (χ4v) is 2.71. The fourth-order valence-electron chi connectivity index (χ4n) is 2.71. The summed E-state index contributed by atoms with van der Waals surface area (Å²) in [6.07, 6.45) is 3.50. The van der Waals surface area contributed by atoms with Crippen molar-refractivity contribution in [2.24, 2.45) is 4.99 Å². The lowest BCUT2D eigenvalue weighted by molar-refractivity contribution is -0.0567. The van der Waals surface area contributed by atoms with Crippen LogP contribution in [0.25, 0.3) is 0 Å². The normalized spacial score (nSPS) is 21.8. The fraction of sp³-hybridized carbons (Fsp3) is 0.500. The highest BCUT2D eigenvalue weighted by atomic mass is 16.5. The second-order valence-corrected chi connectivity index (χ2v) is 6.38. The summed E-state index contributed by atoms with van der Waals surface area (Å²) in [5, 5.41) is 31.4. The molecule has 2 atom stereocenters. The van der Waals surface area contributed by atoms with Crippen molar-refractivity contribution in [3.8, 4) is 18.0 Å². The minimum atomic E-state index is -0.893. The van der Waals surface area contributed by atoms with Crippen LogP contribution in [-0.2, 0) is 0 Å². The van der Waals surface area contributed by atoms with Gasteiger partial charge in [-0.1, -0.05) is 13.3 Å². The third kappa shape index (κ3) is 3.67. The minimum absolute atomic E-state index is 0.479. The standard InChI is InChI=1S/C18H22N4O2/c1-4-5-6-15(21-11-20)22-16-13-9-12(10-19)7-8-14(13)24-18(2,3)17(16)23/h7-9,16-17,23H,4-6H2,1-3H3,(H,21,22)/t16-,17+/m1/s1. The molecule has 1 aliphatic heterocycles. The van der Waals surface area contributed by atoms with Gasteiger partial charge in [0.25, 0.3) is 0 Å². The Labute approximate surface area is 142 Å². The zero-order valence-corrected chi connectivity index (χ0v) is 14.2. The van der Waals surface area contributed by atoms with Gasteiger partial charge in [-0.05, 0) is 38.5 Å². The van der Waals surface area contributed by atoms with Gasteiger partial charge in [-0.25, -0.2) is 0 Å². The Hall–Kier alpha value is -2.57. The molecule has 1 aromatic rings. The monoisotopic (exact) mass is 326 g/mol. The molecule has 0 aliphatic carbocycles. The largest absolute Gasteiger partial charge is 0.485 e. The molecule has 1 heterocycles. The highest BCUT2D eigenvalue weighted by Gasteiger charge is 2.43. The Kier molecular flexibility index (Phi) is 5.43. The number of ether oxygens (including phenoxy) is 1. The van der Waals surface area contributed by atoms with Crippen LogP contribution in [0.3, 0.4) is 0 Å². The van der Waals surface area contributed by atoms with Crippen molar-refractivity contribution in [3.63, 3.8) is 0 Å². The molecule has 0 spiro atoms. The van der Waals surface area contributed by atoms with Gasteiger partial charge in [-0.3, -0.25) is 10.3 Å². The van der Waals surface area contributed by atoms with Gasteiger partial charge in [0.15, 0.2) is 6.19 Å². The van der Waals surface area contributed by atoms with Gasteiger partial charge in [0.2, 0.25) is 0 Å². The number of aliphatic hydroxyl groups is 1. The van der Waals surface area contributed by atoms with Crippen LogP contribution in [0.4, 0.5) is 0 Å². The van der Waals surface area contributed by atoms with E-state index in [0.29, 0.717) is 29.1 Å². The van der Waals surface area contributed by atoms with E-state index in [1.54, 1.807) is 32.0 Å². The lowest BCUT2D eigenvalue weighted by Gasteiger charge is -2.40. The molecule has 6 nitrogen and oxygen atoms in total. The second-order valence-electron chi connectivity index (χ2n) is 6.38. The zero-order chi connectivity index (χ0) is 17.7. The Balaban J connectivity index is 2.50. The van der Waals surface area contributed by atoms with Crippen molar-refractivity contribution in [1.29, 1.82) is 10.5 Å². The molecule has 1 aliphatic rings. The van der Waals surface area contributed by atoms with Gasteiger partial charge < -0.3 is 9.84 Å². The molecule has 126 valence electrons. The molecule has 0 bridgehead atoms. The maximum atomic E-state index is 10.7. The Morgan fingerprint density at radius 2 is 2.17 bits per heavy atom. The van der Waals surface area contributed by atoms with Crippen molar-refractivity contribution < 1.29 is 9.84 Å². The van der Waals surface area contributed by atoms with Gasteiger partial charge in [-0.15, -0.1) is 0 Å². The third-order valence-electron chi connectivity index (χ3n) is 4.10. The van der Waals surface area contributed by atoms with Crippen LogP contribution in [0, 0.1) is 22.8 Å². The summed E-state index contributed by atoms with van der Waals surface area (Å²) in [6, 6.07) is 6.59. The molecule has 0 aromatic heterocycles. The number of aliphatic imine (C=N–C) groups is 1. The molecule has 0 saturated heterocycles. The van der Waals surface area contributed by atoms with Crippen molar-refractivity contribution >= 4 is 5.84 Å². The third-order valence-corrected chi connectivity index (χ3v) is 4.10. The molecule has 2 N–H and O–H groups in total. The number of fused-ring (bicyclic) bond motifs is 1. The predicted molar refractivity (Wildman–Crippen MR) is 90.3 cm³/mol. The summed E-state index contributed by atoms with van der Waals surface area (Å²) in [5.41, 5.74) is 0.320. The number of unbranched alkanes of at least 4 members (excludes halogenated alkanes) is 1. The van der Waals surface area contributed by atoms with Crippen LogP contribution in [0.2, 0.25) is 0 Å². The van der Waals surface area contributed by atoms with E-state index in [1.807, 2.05) is 6.19 Å². The molecule has 0 fully saturated rings. The van der Waals surface area contributed by atoms with E-state index in [-0.39, 0.29) is 0 Å². The van der Waals surface area contributed by atoms with Crippen LogP contribution in [-0.4, -0.2) is 22.6 Å². The maximum Gasteiger partial charge on any atom is 0.182 e. The van der Waals surface area contributed by atoms with Gasteiger partial charge in [0.1, 0.15) is 29.3 Å². The molecule has 6 heteroatoms. The number of hydrogen-bond acceptors (Lipinski definition) is 5. The summed E-state index contributed by atoms with van der Waals surface area (Å²) in [7, 11) is 0. The maximum absolute atomic E-state index is 10.7. The first-order valence-electron chi connectivity index (χ1n) is 8.05. The van der Waals surface area contributed by atoms with Gasteiger partial charge in [-0.2, -0.15) is 10.5 Å². The average Bonchev–Trinajstić information content (AvgIpc) is 2.56.